The quantitative estimate of drug-likeness (QED) is 0.860. The molecule has 2 heterocycles. The zero-order valence-electron chi connectivity index (χ0n) is 11.6. The van der Waals surface area contributed by atoms with Crippen LogP contribution in [0, 0.1) is 17.8 Å². The van der Waals surface area contributed by atoms with E-state index < -0.39 is 0 Å². The highest BCUT2D eigenvalue weighted by Gasteiger charge is 2.54. The molecule has 2 saturated carbocycles. The molecule has 0 saturated heterocycles. The first-order valence-electron chi connectivity index (χ1n) is 7.76. The summed E-state index contributed by atoms with van der Waals surface area (Å²) < 4.78 is 0. The molecule has 2 aromatic rings. The van der Waals surface area contributed by atoms with Gasteiger partial charge in [-0.25, -0.2) is 0 Å². The highest BCUT2D eigenvalue weighted by Crippen LogP contribution is 2.63. The van der Waals surface area contributed by atoms with E-state index >= 15 is 0 Å². The minimum absolute atomic E-state index is 0.112. The Morgan fingerprint density at radius 1 is 1.10 bits per heavy atom. The molecule has 0 spiro atoms. The predicted octanol–water partition coefficient (Wildman–Crippen LogP) is 4.09. The number of fused-ring (bicyclic) bond motifs is 6. The van der Waals surface area contributed by atoms with E-state index in [-0.39, 0.29) is 4.87 Å². The first kappa shape index (κ1) is 12.5. The van der Waals surface area contributed by atoms with E-state index in [1.165, 1.54) is 41.0 Å². The molecule has 5 atom stereocenters. The van der Waals surface area contributed by atoms with Gasteiger partial charge in [0.1, 0.15) is 0 Å². The monoisotopic (exact) mass is 315 g/mol. The van der Waals surface area contributed by atoms with Crippen molar-refractivity contribution in [2.45, 2.75) is 35.5 Å². The maximum Gasteiger partial charge on any atom is 0.305 e. The van der Waals surface area contributed by atoms with Gasteiger partial charge in [-0.3, -0.25) is 4.79 Å². The lowest BCUT2D eigenvalue weighted by Gasteiger charge is -2.40. The zero-order valence-corrected chi connectivity index (χ0v) is 13.3. The van der Waals surface area contributed by atoms with Gasteiger partial charge in [0, 0.05) is 16.0 Å². The molecule has 21 heavy (non-hydrogen) atoms. The minimum atomic E-state index is 0.112. The van der Waals surface area contributed by atoms with Crippen molar-refractivity contribution < 1.29 is 0 Å². The van der Waals surface area contributed by atoms with E-state index in [0.717, 1.165) is 22.8 Å². The van der Waals surface area contributed by atoms with E-state index in [1.807, 2.05) is 11.8 Å². The van der Waals surface area contributed by atoms with Gasteiger partial charge in [0.25, 0.3) is 0 Å². The highest BCUT2D eigenvalue weighted by molar-refractivity contribution is 8.00. The molecule has 1 aromatic heterocycles. The van der Waals surface area contributed by atoms with Crippen LogP contribution in [0.15, 0.2) is 40.2 Å². The number of benzene rings is 1. The maximum atomic E-state index is 11.9. The molecule has 0 unspecified atom stereocenters. The minimum Gasteiger partial charge on any atom is -0.307 e. The van der Waals surface area contributed by atoms with Gasteiger partial charge in [0.2, 0.25) is 0 Å². The second-order valence-corrected chi connectivity index (χ2v) is 8.79. The third-order valence-corrected chi connectivity index (χ3v) is 8.25. The summed E-state index contributed by atoms with van der Waals surface area (Å²) in [6.07, 6.45) is 4.19. The highest BCUT2D eigenvalue weighted by atomic mass is 32.2. The Morgan fingerprint density at radius 3 is 2.76 bits per heavy atom. The van der Waals surface area contributed by atoms with Crippen molar-refractivity contribution in [2.75, 3.05) is 0 Å². The summed E-state index contributed by atoms with van der Waals surface area (Å²) >= 11 is 3.40. The summed E-state index contributed by atoms with van der Waals surface area (Å²) in [5, 5.41) is 1.87. The van der Waals surface area contributed by atoms with Crippen molar-refractivity contribution in [3.8, 4) is 0 Å². The zero-order chi connectivity index (χ0) is 14.0. The van der Waals surface area contributed by atoms with E-state index in [4.69, 9.17) is 0 Å². The van der Waals surface area contributed by atoms with Crippen molar-refractivity contribution in [3.05, 3.63) is 50.4 Å². The van der Waals surface area contributed by atoms with Crippen LogP contribution in [0.25, 0.3) is 0 Å². The van der Waals surface area contributed by atoms with Crippen LogP contribution in [0.5, 0.6) is 0 Å². The first-order valence-corrected chi connectivity index (χ1v) is 9.45. The van der Waals surface area contributed by atoms with Gasteiger partial charge in [0.15, 0.2) is 0 Å². The fourth-order valence-corrected chi connectivity index (χ4v) is 7.78. The number of nitrogens with one attached hydrogen (secondary N) is 1. The lowest BCUT2D eigenvalue weighted by molar-refractivity contribution is 0.307. The molecule has 1 aromatic carbocycles. The third-order valence-electron chi connectivity index (χ3n) is 5.62. The molecular weight excluding hydrogens is 298 g/mol. The van der Waals surface area contributed by atoms with Crippen LogP contribution < -0.4 is 4.87 Å². The number of thioether (sulfide) groups is 1. The lowest BCUT2D eigenvalue weighted by atomic mass is 9.75. The molecule has 2 nitrogen and oxygen atoms in total. The fraction of sp³-hybridized carbons (Fsp3) is 0.471. The standard InChI is InChI=1S/C17H17NOS2/c19-17-18-16-15(21-17)12(9-4-2-1-3-5-9)13-10-6-7-11(8-10)14(13)20-16/h1-5,10-14H,6-8H2,(H,18,19)/t10-,11+,12-,13-,14+/m1/s1. The van der Waals surface area contributed by atoms with Crippen LogP contribution in [-0.4, -0.2) is 10.2 Å². The lowest BCUT2D eigenvalue weighted by Crippen LogP contribution is -2.33. The largest absolute Gasteiger partial charge is 0.307 e. The summed E-state index contributed by atoms with van der Waals surface area (Å²) in [6, 6.07) is 10.8. The van der Waals surface area contributed by atoms with Crippen LogP contribution in [0.4, 0.5) is 0 Å². The Morgan fingerprint density at radius 2 is 1.90 bits per heavy atom. The molecule has 5 rings (SSSR count). The fourth-order valence-electron chi connectivity index (χ4n) is 4.88. The molecule has 2 aliphatic carbocycles. The predicted molar refractivity (Wildman–Crippen MR) is 87.2 cm³/mol. The van der Waals surface area contributed by atoms with Crippen molar-refractivity contribution in [3.63, 3.8) is 0 Å². The van der Waals surface area contributed by atoms with Crippen LogP contribution in [0.1, 0.15) is 35.6 Å². The van der Waals surface area contributed by atoms with E-state index in [9.17, 15) is 4.79 Å². The molecule has 1 N–H and O–H groups in total. The van der Waals surface area contributed by atoms with Crippen LogP contribution in [0.2, 0.25) is 0 Å². The average molecular weight is 315 g/mol. The van der Waals surface area contributed by atoms with E-state index in [2.05, 4.69) is 35.3 Å². The van der Waals surface area contributed by atoms with Gasteiger partial charge in [-0.1, -0.05) is 41.7 Å². The first-order chi connectivity index (χ1) is 10.3. The third kappa shape index (κ3) is 1.75. The molecule has 4 heteroatoms. The topological polar surface area (TPSA) is 32.9 Å². The van der Waals surface area contributed by atoms with Crippen molar-refractivity contribution in [2.24, 2.45) is 17.8 Å². The molecule has 3 aliphatic rings. The molecule has 1 aliphatic heterocycles. The van der Waals surface area contributed by atoms with Crippen molar-refractivity contribution >= 4 is 23.1 Å². The Labute approximate surface area is 132 Å². The molecule has 108 valence electrons. The molecule has 0 radical (unpaired) electrons. The summed E-state index contributed by atoms with van der Waals surface area (Å²) in [7, 11) is 0. The number of thiazole rings is 1. The SMILES string of the molecule is O=c1[nH]c2c(s1)[C@H](c1ccccc1)[C@H]1[C@@H]3CC[C@@H](C3)[C@@H]1S2. The molecule has 0 amide bonds. The van der Waals surface area contributed by atoms with Crippen LogP contribution in [-0.2, 0) is 0 Å². The Bertz CT molecular complexity index is 735. The van der Waals surface area contributed by atoms with Gasteiger partial charge in [-0.2, -0.15) is 0 Å². The number of aromatic nitrogens is 1. The van der Waals surface area contributed by atoms with Crippen LogP contribution >= 0.6 is 23.1 Å². The number of hydrogen-bond acceptors (Lipinski definition) is 3. The van der Waals surface area contributed by atoms with E-state index in [0.29, 0.717) is 11.2 Å². The number of aromatic amines is 1. The Balaban J connectivity index is 1.70. The molecule has 2 bridgehead atoms. The van der Waals surface area contributed by atoms with Gasteiger partial charge < -0.3 is 4.98 Å². The second kappa shape index (κ2) is 4.50. The van der Waals surface area contributed by atoms with Gasteiger partial charge in [-0.05, 0) is 42.6 Å². The van der Waals surface area contributed by atoms with Gasteiger partial charge in [0.05, 0.1) is 5.03 Å². The van der Waals surface area contributed by atoms with Gasteiger partial charge >= 0.3 is 4.87 Å². The number of H-pyrrole nitrogens is 1. The van der Waals surface area contributed by atoms with Gasteiger partial charge in [-0.15, -0.1) is 11.8 Å². The second-order valence-electron chi connectivity index (χ2n) is 6.59. The number of rotatable bonds is 1. The van der Waals surface area contributed by atoms with Crippen molar-refractivity contribution in [1.29, 1.82) is 0 Å². The summed E-state index contributed by atoms with van der Waals surface area (Å²) in [5.41, 5.74) is 1.40. The number of hydrogen-bond donors (Lipinski definition) is 1. The summed E-state index contributed by atoms with van der Waals surface area (Å²) in [5.74, 6) is 2.90. The Hall–Kier alpha value is -1.00. The Kier molecular flexibility index (Phi) is 2.68. The maximum absolute atomic E-state index is 11.9. The van der Waals surface area contributed by atoms with Crippen LogP contribution in [0.3, 0.4) is 0 Å². The summed E-state index contributed by atoms with van der Waals surface area (Å²) in [6.45, 7) is 0. The summed E-state index contributed by atoms with van der Waals surface area (Å²) in [4.78, 5) is 16.4. The molecular formula is C17H17NOS2. The average Bonchev–Trinajstić information content (AvgIpc) is 3.18. The van der Waals surface area contributed by atoms with E-state index in [1.54, 1.807) is 0 Å². The normalized spacial score (nSPS) is 36.5. The van der Waals surface area contributed by atoms with Crippen molar-refractivity contribution in [1.82, 2.24) is 4.98 Å². The molecule has 2 fully saturated rings. The smallest absolute Gasteiger partial charge is 0.305 e.